The molecule has 0 radical (unpaired) electrons. The maximum atomic E-state index is 2.46. The Morgan fingerprint density at radius 3 is 0.598 bits per heavy atom. The largest absolute Gasteiger partial charge is 0.0622 e. The van der Waals surface area contributed by atoms with E-state index in [1.807, 2.05) is 0 Å². The maximum absolute atomic E-state index is 2.46. The minimum Gasteiger partial charge on any atom is -0.0622 e. The lowest BCUT2D eigenvalue weighted by Gasteiger charge is -2.24. The SMILES string of the molecule is c1ccc(-c2c(-c3ccccc3)c(-c3ccc(-c4ccc5c(-c6ccc7ccccc7c6)c6ccccc6c(-c6ccc7ccccc7c6)c5c4)cc3)c3ccccc3c2-c2ccc(-c3ccc4c(-c5ccc6ccccc6c5)c5ccccc5c(-c5ccc6ccccc6c5)c4c3)cc2)cc1. The van der Waals surface area contributed by atoms with Crippen LogP contribution in [-0.2, 0) is 0 Å². The molecule has 0 atom stereocenters. The number of rotatable bonds is 10. The van der Waals surface area contributed by atoms with Crippen LogP contribution in [-0.4, -0.2) is 0 Å². The molecule has 0 aliphatic rings. The summed E-state index contributed by atoms with van der Waals surface area (Å²) in [4.78, 5) is 0. The van der Waals surface area contributed by atoms with Crippen LogP contribution in [0.4, 0.5) is 0 Å². The van der Waals surface area contributed by atoms with Gasteiger partial charge in [-0.1, -0.05) is 352 Å². The van der Waals surface area contributed by atoms with Gasteiger partial charge in [-0.2, -0.15) is 0 Å². The molecule has 0 bridgehead atoms. The molecule has 20 aromatic carbocycles. The van der Waals surface area contributed by atoms with Gasteiger partial charge in [0.15, 0.2) is 0 Å². The van der Waals surface area contributed by atoms with Crippen LogP contribution in [0.2, 0.25) is 0 Å². The van der Waals surface area contributed by atoms with Gasteiger partial charge < -0.3 is 0 Å². The quantitative estimate of drug-likeness (QED) is 0.120. The Bertz CT molecular complexity index is 6350. The van der Waals surface area contributed by atoms with Gasteiger partial charge in [0, 0.05) is 0 Å². The first kappa shape index (κ1) is 58.9. The van der Waals surface area contributed by atoms with Crippen LogP contribution in [0.1, 0.15) is 0 Å². The summed E-state index contributed by atoms with van der Waals surface area (Å²) in [6.45, 7) is 0. The van der Waals surface area contributed by atoms with Crippen molar-refractivity contribution in [2.24, 2.45) is 0 Å². The molecule has 0 aromatic heterocycles. The zero-order chi connectivity index (χ0) is 67.2. The van der Waals surface area contributed by atoms with Gasteiger partial charge in [-0.15, -0.1) is 0 Å². The summed E-state index contributed by atoms with van der Waals surface area (Å²) in [6.07, 6.45) is 0. The molecule has 0 aliphatic carbocycles. The van der Waals surface area contributed by atoms with Gasteiger partial charge in [0.1, 0.15) is 0 Å². The lowest BCUT2D eigenvalue weighted by atomic mass is 9.78. The van der Waals surface area contributed by atoms with Gasteiger partial charge in [0.2, 0.25) is 0 Å². The summed E-state index contributed by atoms with van der Waals surface area (Å²) < 4.78 is 0. The highest BCUT2D eigenvalue weighted by atomic mass is 14.3. The van der Waals surface area contributed by atoms with Gasteiger partial charge in [0.25, 0.3) is 0 Å². The molecular weight excluding hydrogens is 1230 g/mol. The minimum atomic E-state index is 1.16. The van der Waals surface area contributed by atoms with Crippen LogP contribution in [0.25, 0.3) is 208 Å². The number of benzene rings is 20. The molecule has 20 rings (SSSR count). The van der Waals surface area contributed by atoms with E-state index in [-0.39, 0.29) is 0 Å². The van der Waals surface area contributed by atoms with E-state index >= 15 is 0 Å². The van der Waals surface area contributed by atoms with Gasteiger partial charge in [-0.25, -0.2) is 0 Å². The molecule has 0 N–H and O–H groups in total. The predicted molar refractivity (Wildman–Crippen MR) is 438 cm³/mol. The summed E-state index contributed by atoms with van der Waals surface area (Å²) in [6, 6.07) is 145. The third-order valence-corrected chi connectivity index (χ3v) is 21.6. The highest BCUT2D eigenvalue weighted by Gasteiger charge is 2.26. The Hall–Kier alpha value is -13.3. The fourth-order valence-corrected chi connectivity index (χ4v) is 16.8. The topological polar surface area (TPSA) is 0 Å². The third-order valence-electron chi connectivity index (χ3n) is 21.6. The number of hydrogen-bond acceptors (Lipinski definition) is 0. The zero-order valence-corrected chi connectivity index (χ0v) is 56.0. The zero-order valence-electron chi connectivity index (χ0n) is 56.0. The summed E-state index contributed by atoms with van der Waals surface area (Å²) in [5, 5.41) is 22.2. The molecule has 0 heterocycles. The Morgan fingerprint density at radius 1 is 0.0882 bits per heavy atom. The average Bonchev–Trinajstić information content (AvgIpc) is 0.737. The minimum absolute atomic E-state index is 1.16. The second-order valence-electron chi connectivity index (χ2n) is 27.3. The van der Waals surface area contributed by atoms with E-state index in [1.165, 1.54) is 186 Å². The number of hydrogen-bond donors (Lipinski definition) is 0. The highest BCUT2D eigenvalue weighted by Crippen LogP contribution is 2.53. The van der Waals surface area contributed by atoms with Crippen molar-refractivity contribution in [3.8, 4) is 111 Å². The van der Waals surface area contributed by atoms with Crippen LogP contribution in [0.3, 0.4) is 0 Å². The Kier molecular flexibility index (Phi) is 14.0. The normalized spacial score (nSPS) is 11.7. The van der Waals surface area contributed by atoms with Crippen molar-refractivity contribution in [2.75, 3.05) is 0 Å². The molecule has 0 saturated carbocycles. The Morgan fingerprint density at radius 2 is 0.294 bits per heavy atom. The number of fused-ring (bicyclic) bond motifs is 9. The first-order valence-electron chi connectivity index (χ1n) is 35.4. The fraction of sp³-hybridized carbons (Fsp3) is 0. The van der Waals surface area contributed by atoms with Crippen LogP contribution in [0.15, 0.2) is 388 Å². The van der Waals surface area contributed by atoms with Crippen molar-refractivity contribution in [2.45, 2.75) is 0 Å². The van der Waals surface area contributed by atoms with Gasteiger partial charge >= 0.3 is 0 Å². The van der Waals surface area contributed by atoms with E-state index in [0.717, 1.165) is 22.3 Å². The van der Waals surface area contributed by atoms with Gasteiger partial charge in [0.05, 0.1) is 0 Å². The second kappa shape index (κ2) is 24.3. The summed E-state index contributed by atoms with van der Waals surface area (Å²) in [7, 11) is 0. The smallest absolute Gasteiger partial charge is 0.00141 e. The molecule has 102 heavy (non-hydrogen) atoms. The lowest BCUT2D eigenvalue weighted by molar-refractivity contribution is 1.56. The highest BCUT2D eigenvalue weighted by molar-refractivity contribution is 6.25. The van der Waals surface area contributed by atoms with Crippen LogP contribution in [0, 0.1) is 0 Å². The molecule has 0 saturated heterocycles. The summed E-state index contributed by atoms with van der Waals surface area (Å²) in [5.41, 5.74) is 24.0. The molecule has 0 nitrogen and oxygen atoms in total. The molecule has 0 heteroatoms. The van der Waals surface area contributed by atoms with Crippen molar-refractivity contribution < 1.29 is 0 Å². The van der Waals surface area contributed by atoms with Crippen LogP contribution >= 0.6 is 0 Å². The summed E-state index contributed by atoms with van der Waals surface area (Å²) >= 11 is 0. The Labute approximate surface area is 592 Å². The Balaban J connectivity index is 0.750. The molecule has 472 valence electrons. The van der Waals surface area contributed by atoms with E-state index in [1.54, 1.807) is 0 Å². The molecule has 0 unspecified atom stereocenters. The molecule has 0 aliphatic heterocycles. The van der Waals surface area contributed by atoms with E-state index in [9.17, 15) is 0 Å². The fourth-order valence-electron chi connectivity index (χ4n) is 16.8. The molecule has 0 spiro atoms. The molecule has 0 amide bonds. The predicted octanol–water partition coefficient (Wildman–Crippen LogP) is 28.7. The van der Waals surface area contributed by atoms with Gasteiger partial charge in [-0.05, 0) is 245 Å². The van der Waals surface area contributed by atoms with Crippen molar-refractivity contribution in [1.82, 2.24) is 0 Å². The van der Waals surface area contributed by atoms with Crippen molar-refractivity contribution in [1.29, 1.82) is 0 Å². The first-order valence-corrected chi connectivity index (χ1v) is 35.4. The van der Waals surface area contributed by atoms with Crippen LogP contribution in [0.5, 0.6) is 0 Å². The van der Waals surface area contributed by atoms with E-state index in [4.69, 9.17) is 0 Å². The van der Waals surface area contributed by atoms with Crippen molar-refractivity contribution in [3.63, 3.8) is 0 Å². The van der Waals surface area contributed by atoms with E-state index in [2.05, 4.69) is 388 Å². The van der Waals surface area contributed by atoms with E-state index in [0.29, 0.717) is 0 Å². The lowest BCUT2D eigenvalue weighted by Crippen LogP contribution is -1.97. The molecular formula is C102H64. The maximum Gasteiger partial charge on any atom is -0.00141 e. The third kappa shape index (κ3) is 9.90. The molecule has 0 fully saturated rings. The van der Waals surface area contributed by atoms with Crippen molar-refractivity contribution in [3.05, 3.63) is 388 Å². The van der Waals surface area contributed by atoms with Gasteiger partial charge in [-0.3, -0.25) is 0 Å². The first-order chi connectivity index (χ1) is 50.6. The van der Waals surface area contributed by atoms with Crippen molar-refractivity contribution >= 4 is 97.0 Å². The second-order valence-corrected chi connectivity index (χ2v) is 27.3. The van der Waals surface area contributed by atoms with Crippen LogP contribution < -0.4 is 0 Å². The van der Waals surface area contributed by atoms with E-state index < -0.39 is 0 Å². The standard InChI is InChI=1S/C102H64/c1-3-25-71(26-4-1)101-99(73-47-39-69(40-48-73)79-55-57-91-93(63-79)97(83-53-45-67-23-9-13-31-77(67)61-83)87-35-17-15-33-85(87)95(91)81-51-43-65-21-7-11-29-75(65)59-81)89-37-19-20-38-90(89)100(102(101)72-27-5-2-6-28-72)74-49-41-70(42-50-74)80-56-58-92-94(64-80)98(84-54-46-68-24-10-14-32-78(68)62-84)88-36-18-16-34-86(88)96(92)82-52-44-66-22-8-12-30-76(66)60-82/h1-64H. The monoisotopic (exact) mass is 1290 g/mol. The average molecular weight is 1290 g/mol. The summed E-state index contributed by atoms with van der Waals surface area (Å²) in [5.74, 6) is 0. The molecule has 20 aromatic rings.